The Morgan fingerprint density at radius 2 is 2.19 bits per heavy atom. The van der Waals surface area contributed by atoms with E-state index in [4.69, 9.17) is 4.74 Å². The molecule has 1 aliphatic rings. The average Bonchev–Trinajstić information content (AvgIpc) is 2.82. The molecule has 0 saturated heterocycles. The second kappa shape index (κ2) is 5.80. The van der Waals surface area contributed by atoms with Crippen LogP contribution in [0, 0.1) is 0 Å². The minimum atomic E-state index is 0.552. The summed E-state index contributed by atoms with van der Waals surface area (Å²) in [6.45, 7) is 2.15. The van der Waals surface area contributed by atoms with Crippen LogP contribution in [0.15, 0.2) is 30.5 Å². The van der Waals surface area contributed by atoms with Crippen molar-refractivity contribution in [2.75, 3.05) is 12.4 Å². The molecule has 0 spiro atoms. The first-order valence-corrected chi connectivity index (χ1v) is 7.62. The molecule has 0 atom stereocenters. The van der Waals surface area contributed by atoms with Crippen molar-refractivity contribution >= 4 is 5.69 Å². The van der Waals surface area contributed by atoms with Gasteiger partial charge in [0.15, 0.2) is 0 Å². The largest absolute Gasteiger partial charge is 0.497 e. The summed E-state index contributed by atoms with van der Waals surface area (Å²) in [6.07, 6.45) is 5.39. The fourth-order valence-electron chi connectivity index (χ4n) is 3.04. The molecule has 4 heteroatoms. The zero-order valence-electron chi connectivity index (χ0n) is 13.0. The topological polar surface area (TPSA) is 39.1 Å². The number of rotatable bonds is 5. The SMILES string of the molecule is CCc1nn(C)cc1NC1CC(c2cccc(OC)c2)C1. The van der Waals surface area contributed by atoms with E-state index >= 15 is 0 Å². The van der Waals surface area contributed by atoms with E-state index in [9.17, 15) is 0 Å². The number of aryl methyl sites for hydroxylation is 2. The maximum atomic E-state index is 5.30. The molecule has 1 fully saturated rings. The number of nitrogens with one attached hydrogen (secondary N) is 1. The summed E-state index contributed by atoms with van der Waals surface area (Å²) >= 11 is 0. The Bertz CT molecular complexity index is 614. The third-order valence-electron chi connectivity index (χ3n) is 4.30. The molecule has 0 radical (unpaired) electrons. The highest BCUT2D eigenvalue weighted by Crippen LogP contribution is 2.39. The summed E-state index contributed by atoms with van der Waals surface area (Å²) in [5.41, 5.74) is 3.73. The van der Waals surface area contributed by atoms with Gasteiger partial charge in [0.2, 0.25) is 0 Å². The predicted molar refractivity (Wildman–Crippen MR) is 85.0 cm³/mol. The molecule has 0 aliphatic heterocycles. The minimum Gasteiger partial charge on any atom is -0.497 e. The molecule has 3 rings (SSSR count). The molecule has 4 nitrogen and oxygen atoms in total. The summed E-state index contributed by atoms with van der Waals surface area (Å²) in [6, 6.07) is 8.98. The number of hydrogen-bond acceptors (Lipinski definition) is 3. The molecule has 1 aliphatic carbocycles. The summed E-state index contributed by atoms with van der Waals surface area (Å²) < 4.78 is 7.19. The van der Waals surface area contributed by atoms with Crippen molar-refractivity contribution in [3.05, 3.63) is 41.7 Å². The number of hydrogen-bond donors (Lipinski definition) is 1. The molecular weight excluding hydrogens is 262 g/mol. The van der Waals surface area contributed by atoms with Crippen LogP contribution in [0.1, 0.15) is 36.9 Å². The minimum absolute atomic E-state index is 0.552. The van der Waals surface area contributed by atoms with Gasteiger partial charge in [0, 0.05) is 19.3 Å². The predicted octanol–water partition coefficient (Wildman–Crippen LogP) is 3.35. The van der Waals surface area contributed by atoms with Gasteiger partial charge >= 0.3 is 0 Å². The number of ether oxygens (including phenoxy) is 1. The fraction of sp³-hybridized carbons (Fsp3) is 0.471. The number of anilines is 1. The number of aromatic nitrogens is 2. The van der Waals surface area contributed by atoms with Gasteiger partial charge in [-0.2, -0.15) is 5.10 Å². The molecule has 2 aromatic rings. The van der Waals surface area contributed by atoms with E-state index in [0.29, 0.717) is 12.0 Å². The molecule has 0 bridgehead atoms. The lowest BCUT2D eigenvalue weighted by Gasteiger charge is -2.36. The third kappa shape index (κ3) is 2.89. The summed E-state index contributed by atoms with van der Waals surface area (Å²) in [4.78, 5) is 0. The van der Waals surface area contributed by atoms with Crippen molar-refractivity contribution in [3.63, 3.8) is 0 Å². The van der Waals surface area contributed by atoms with E-state index < -0.39 is 0 Å². The first-order chi connectivity index (χ1) is 10.2. The maximum Gasteiger partial charge on any atom is 0.119 e. The lowest BCUT2D eigenvalue weighted by molar-refractivity contribution is 0.370. The molecule has 1 N–H and O–H groups in total. The van der Waals surface area contributed by atoms with Crippen LogP contribution in [-0.2, 0) is 13.5 Å². The Kier molecular flexibility index (Phi) is 3.86. The smallest absolute Gasteiger partial charge is 0.119 e. The molecule has 1 heterocycles. The number of benzene rings is 1. The van der Waals surface area contributed by atoms with Crippen molar-refractivity contribution in [1.29, 1.82) is 0 Å². The quantitative estimate of drug-likeness (QED) is 0.915. The third-order valence-corrected chi connectivity index (χ3v) is 4.30. The zero-order valence-corrected chi connectivity index (χ0v) is 13.0. The van der Waals surface area contributed by atoms with E-state index in [1.54, 1.807) is 7.11 Å². The van der Waals surface area contributed by atoms with Crippen LogP contribution in [0.3, 0.4) is 0 Å². The molecule has 1 aromatic carbocycles. The van der Waals surface area contributed by atoms with Crippen LogP contribution < -0.4 is 10.1 Å². The molecule has 0 amide bonds. The second-order valence-electron chi connectivity index (χ2n) is 5.80. The van der Waals surface area contributed by atoms with Crippen LogP contribution in [0.2, 0.25) is 0 Å². The highest BCUT2D eigenvalue weighted by Gasteiger charge is 2.31. The Labute approximate surface area is 126 Å². The highest BCUT2D eigenvalue weighted by atomic mass is 16.5. The van der Waals surface area contributed by atoms with E-state index in [1.165, 1.54) is 24.1 Å². The van der Waals surface area contributed by atoms with Crippen LogP contribution in [-0.4, -0.2) is 22.9 Å². The van der Waals surface area contributed by atoms with Crippen molar-refractivity contribution in [2.24, 2.45) is 7.05 Å². The Morgan fingerprint density at radius 1 is 1.38 bits per heavy atom. The van der Waals surface area contributed by atoms with Crippen molar-refractivity contribution in [3.8, 4) is 5.75 Å². The Hall–Kier alpha value is -1.97. The molecular formula is C17H23N3O. The van der Waals surface area contributed by atoms with Crippen molar-refractivity contribution in [2.45, 2.75) is 38.1 Å². The van der Waals surface area contributed by atoms with Crippen molar-refractivity contribution < 1.29 is 4.74 Å². The number of nitrogens with zero attached hydrogens (tertiary/aromatic N) is 2. The van der Waals surface area contributed by atoms with Gasteiger partial charge in [-0.1, -0.05) is 19.1 Å². The van der Waals surface area contributed by atoms with Gasteiger partial charge in [0.1, 0.15) is 5.75 Å². The van der Waals surface area contributed by atoms with Crippen LogP contribution in [0.5, 0.6) is 5.75 Å². The zero-order chi connectivity index (χ0) is 14.8. The lowest BCUT2D eigenvalue weighted by Crippen LogP contribution is -2.34. The summed E-state index contributed by atoms with van der Waals surface area (Å²) in [5, 5.41) is 8.11. The number of methoxy groups -OCH3 is 1. The molecule has 1 aromatic heterocycles. The lowest BCUT2D eigenvalue weighted by atomic mass is 9.75. The Morgan fingerprint density at radius 3 is 2.90 bits per heavy atom. The average molecular weight is 285 g/mol. The second-order valence-corrected chi connectivity index (χ2v) is 5.80. The Balaban J connectivity index is 1.60. The summed E-state index contributed by atoms with van der Waals surface area (Å²) in [7, 11) is 3.70. The van der Waals surface area contributed by atoms with E-state index in [-0.39, 0.29) is 0 Å². The van der Waals surface area contributed by atoms with Gasteiger partial charge in [0.05, 0.1) is 18.5 Å². The van der Waals surface area contributed by atoms with Gasteiger partial charge in [0.25, 0.3) is 0 Å². The first kappa shape index (κ1) is 14.0. The first-order valence-electron chi connectivity index (χ1n) is 7.62. The fourth-order valence-corrected chi connectivity index (χ4v) is 3.04. The normalized spacial score (nSPS) is 20.9. The van der Waals surface area contributed by atoms with Crippen LogP contribution in [0.4, 0.5) is 5.69 Å². The van der Waals surface area contributed by atoms with Crippen LogP contribution in [0.25, 0.3) is 0 Å². The van der Waals surface area contributed by atoms with E-state index in [0.717, 1.165) is 17.9 Å². The van der Waals surface area contributed by atoms with Gasteiger partial charge in [-0.3, -0.25) is 4.68 Å². The van der Waals surface area contributed by atoms with Gasteiger partial charge in [-0.15, -0.1) is 0 Å². The van der Waals surface area contributed by atoms with Gasteiger partial charge in [-0.25, -0.2) is 0 Å². The molecule has 21 heavy (non-hydrogen) atoms. The monoisotopic (exact) mass is 285 g/mol. The molecule has 1 saturated carbocycles. The summed E-state index contributed by atoms with van der Waals surface area (Å²) in [5.74, 6) is 1.59. The maximum absolute atomic E-state index is 5.30. The molecule has 112 valence electrons. The van der Waals surface area contributed by atoms with Gasteiger partial charge < -0.3 is 10.1 Å². The van der Waals surface area contributed by atoms with Gasteiger partial charge in [-0.05, 0) is 42.9 Å². The van der Waals surface area contributed by atoms with E-state index in [2.05, 4.69) is 41.7 Å². The molecule has 0 unspecified atom stereocenters. The standard InChI is InChI=1S/C17H23N3O/c1-4-16-17(11-20(2)19-16)18-14-8-13(9-14)12-6-5-7-15(10-12)21-3/h5-7,10-11,13-14,18H,4,8-9H2,1-3H3. The van der Waals surface area contributed by atoms with Crippen LogP contribution >= 0.6 is 0 Å². The van der Waals surface area contributed by atoms with E-state index in [1.807, 2.05) is 17.8 Å². The van der Waals surface area contributed by atoms with Crippen molar-refractivity contribution in [1.82, 2.24) is 9.78 Å². The highest BCUT2D eigenvalue weighted by molar-refractivity contribution is 5.48.